The number of piperidine rings is 1. The van der Waals surface area contributed by atoms with Crippen molar-refractivity contribution in [3.05, 3.63) is 46.5 Å². The predicted molar refractivity (Wildman–Crippen MR) is 113 cm³/mol. The van der Waals surface area contributed by atoms with Crippen LogP contribution in [0.15, 0.2) is 29.6 Å². The summed E-state index contributed by atoms with van der Waals surface area (Å²) in [5.74, 6) is 2.13. The first-order valence-corrected chi connectivity index (χ1v) is 11.2. The third kappa shape index (κ3) is 4.13. The van der Waals surface area contributed by atoms with Crippen LogP contribution in [0.2, 0.25) is 0 Å². The Hall–Kier alpha value is -1.79. The molecule has 0 bridgehead atoms. The Morgan fingerprint density at radius 2 is 1.82 bits per heavy atom. The van der Waals surface area contributed by atoms with Crippen LogP contribution in [0.4, 0.5) is 0 Å². The van der Waals surface area contributed by atoms with Gasteiger partial charge in [0.1, 0.15) is 0 Å². The number of benzene rings is 1. The van der Waals surface area contributed by atoms with Gasteiger partial charge in [-0.25, -0.2) is 0 Å². The van der Waals surface area contributed by atoms with E-state index in [4.69, 9.17) is 0 Å². The van der Waals surface area contributed by atoms with E-state index in [2.05, 4.69) is 69.8 Å². The van der Waals surface area contributed by atoms with Crippen molar-refractivity contribution < 1.29 is 4.79 Å². The van der Waals surface area contributed by atoms with E-state index in [-0.39, 0.29) is 5.91 Å². The zero-order valence-electron chi connectivity index (χ0n) is 17.0. The standard InChI is InChI=1S/C22H30N4OS/c1-15-8-16(2)10-26(9-15)22(27)13-25-11-19(18-7-5-4-6-17(18)3)20(12-25)21-14-28-24-23-21/h4-7,14-16,19-20H,8-13H2,1-3H3/t15-,16-,19-,20+/m0/s1. The summed E-state index contributed by atoms with van der Waals surface area (Å²) in [7, 11) is 0. The molecule has 0 aliphatic carbocycles. The normalized spacial score (nSPS) is 28.6. The smallest absolute Gasteiger partial charge is 0.236 e. The van der Waals surface area contributed by atoms with Crippen LogP contribution in [0.25, 0.3) is 0 Å². The summed E-state index contributed by atoms with van der Waals surface area (Å²) < 4.78 is 4.09. The van der Waals surface area contributed by atoms with Crippen LogP contribution in [0.3, 0.4) is 0 Å². The first-order valence-electron chi connectivity index (χ1n) is 10.3. The Labute approximate surface area is 171 Å². The summed E-state index contributed by atoms with van der Waals surface area (Å²) >= 11 is 1.41. The van der Waals surface area contributed by atoms with Crippen LogP contribution >= 0.6 is 11.5 Å². The molecule has 2 saturated heterocycles. The summed E-state index contributed by atoms with van der Waals surface area (Å²) in [6.45, 7) is 10.8. The number of aromatic nitrogens is 2. The minimum atomic E-state index is 0.277. The molecule has 2 fully saturated rings. The third-order valence-electron chi connectivity index (χ3n) is 6.32. The number of hydrogen-bond acceptors (Lipinski definition) is 5. The van der Waals surface area contributed by atoms with Gasteiger partial charge in [0.25, 0.3) is 0 Å². The number of hydrogen-bond donors (Lipinski definition) is 0. The average Bonchev–Trinajstić information content (AvgIpc) is 3.31. The minimum absolute atomic E-state index is 0.277. The summed E-state index contributed by atoms with van der Waals surface area (Å²) in [6, 6.07) is 8.61. The summed E-state index contributed by atoms with van der Waals surface area (Å²) in [5, 5.41) is 6.44. The number of amides is 1. The number of carbonyl (C=O) groups excluding carboxylic acids is 1. The molecule has 2 aromatic rings. The van der Waals surface area contributed by atoms with Gasteiger partial charge in [-0.3, -0.25) is 9.69 Å². The van der Waals surface area contributed by atoms with Gasteiger partial charge in [0, 0.05) is 43.4 Å². The number of likely N-dealkylation sites (tertiary alicyclic amines) is 2. The molecule has 1 aromatic carbocycles. The number of carbonyl (C=O) groups is 1. The second kappa shape index (κ2) is 8.29. The quantitative estimate of drug-likeness (QED) is 0.790. The fraction of sp³-hybridized carbons (Fsp3) is 0.591. The van der Waals surface area contributed by atoms with E-state index in [0.717, 1.165) is 31.9 Å². The molecule has 6 heteroatoms. The molecule has 0 spiro atoms. The highest BCUT2D eigenvalue weighted by Gasteiger charge is 2.38. The molecule has 4 atom stereocenters. The van der Waals surface area contributed by atoms with E-state index in [1.807, 2.05) is 0 Å². The van der Waals surface area contributed by atoms with Gasteiger partial charge < -0.3 is 4.90 Å². The van der Waals surface area contributed by atoms with Gasteiger partial charge >= 0.3 is 0 Å². The molecule has 2 aliphatic rings. The van der Waals surface area contributed by atoms with E-state index < -0.39 is 0 Å². The Kier molecular flexibility index (Phi) is 5.78. The topological polar surface area (TPSA) is 49.3 Å². The predicted octanol–water partition coefficient (Wildman–Crippen LogP) is 3.53. The van der Waals surface area contributed by atoms with E-state index in [9.17, 15) is 4.79 Å². The molecule has 150 valence electrons. The summed E-state index contributed by atoms with van der Waals surface area (Å²) in [5.41, 5.74) is 3.75. The van der Waals surface area contributed by atoms with E-state index in [0.29, 0.717) is 30.2 Å². The lowest BCUT2D eigenvalue weighted by Crippen LogP contribution is -2.46. The molecular weight excluding hydrogens is 368 g/mol. The van der Waals surface area contributed by atoms with Crippen molar-refractivity contribution in [2.75, 3.05) is 32.7 Å². The van der Waals surface area contributed by atoms with Gasteiger partial charge in [0.15, 0.2) is 0 Å². The Morgan fingerprint density at radius 1 is 1.11 bits per heavy atom. The molecule has 0 saturated carbocycles. The van der Waals surface area contributed by atoms with Crippen LogP contribution in [-0.2, 0) is 4.79 Å². The molecule has 1 aromatic heterocycles. The van der Waals surface area contributed by atoms with Gasteiger partial charge in [-0.2, -0.15) is 0 Å². The van der Waals surface area contributed by atoms with Crippen molar-refractivity contribution in [3.8, 4) is 0 Å². The van der Waals surface area contributed by atoms with Crippen molar-refractivity contribution in [1.82, 2.24) is 19.4 Å². The maximum Gasteiger partial charge on any atom is 0.236 e. The van der Waals surface area contributed by atoms with Gasteiger partial charge in [0.2, 0.25) is 5.91 Å². The van der Waals surface area contributed by atoms with Crippen molar-refractivity contribution in [1.29, 1.82) is 0 Å². The van der Waals surface area contributed by atoms with Crippen molar-refractivity contribution >= 4 is 17.4 Å². The fourth-order valence-electron chi connectivity index (χ4n) is 5.12. The molecule has 4 rings (SSSR count). The molecule has 5 nitrogen and oxygen atoms in total. The lowest BCUT2D eigenvalue weighted by molar-refractivity contribution is -0.134. The third-order valence-corrected chi connectivity index (χ3v) is 6.84. The Balaban J connectivity index is 1.50. The highest BCUT2D eigenvalue weighted by Crippen LogP contribution is 2.40. The average molecular weight is 399 g/mol. The number of aryl methyl sites for hydroxylation is 1. The lowest BCUT2D eigenvalue weighted by atomic mass is 9.85. The molecule has 28 heavy (non-hydrogen) atoms. The fourth-order valence-corrected chi connectivity index (χ4v) is 5.64. The van der Waals surface area contributed by atoms with Crippen LogP contribution in [0, 0.1) is 18.8 Å². The van der Waals surface area contributed by atoms with Crippen molar-refractivity contribution in [3.63, 3.8) is 0 Å². The monoisotopic (exact) mass is 398 g/mol. The van der Waals surface area contributed by atoms with Crippen molar-refractivity contribution in [2.45, 2.75) is 39.0 Å². The largest absolute Gasteiger partial charge is 0.341 e. The second-order valence-corrected chi connectivity index (χ2v) is 9.45. The van der Waals surface area contributed by atoms with Gasteiger partial charge in [0.05, 0.1) is 12.2 Å². The van der Waals surface area contributed by atoms with Gasteiger partial charge in [-0.05, 0) is 47.8 Å². The summed E-state index contributed by atoms with van der Waals surface area (Å²) in [6.07, 6.45) is 1.22. The molecule has 2 aliphatic heterocycles. The number of nitrogens with zero attached hydrogens (tertiary/aromatic N) is 4. The highest BCUT2D eigenvalue weighted by atomic mass is 32.1. The molecule has 3 heterocycles. The van der Waals surface area contributed by atoms with E-state index >= 15 is 0 Å². The second-order valence-electron chi connectivity index (χ2n) is 8.84. The zero-order valence-corrected chi connectivity index (χ0v) is 17.9. The Bertz CT molecular complexity index is 799. The highest BCUT2D eigenvalue weighted by molar-refractivity contribution is 7.03. The first-order chi connectivity index (χ1) is 13.5. The van der Waals surface area contributed by atoms with E-state index in [1.54, 1.807) is 0 Å². The minimum Gasteiger partial charge on any atom is -0.341 e. The van der Waals surface area contributed by atoms with E-state index in [1.165, 1.54) is 29.1 Å². The van der Waals surface area contributed by atoms with Crippen molar-refractivity contribution in [2.24, 2.45) is 11.8 Å². The Morgan fingerprint density at radius 3 is 2.50 bits per heavy atom. The van der Waals surface area contributed by atoms with Crippen LogP contribution in [0.5, 0.6) is 0 Å². The SMILES string of the molecule is Cc1ccccc1[C@@H]1CN(CC(=O)N2C[C@@H](C)C[C@H](C)C2)C[C@H]1c1csnn1. The van der Waals surface area contributed by atoms with Crippen LogP contribution in [0.1, 0.15) is 48.9 Å². The molecular formula is C22H30N4OS. The maximum absolute atomic E-state index is 13.0. The molecule has 0 radical (unpaired) electrons. The maximum atomic E-state index is 13.0. The van der Waals surface area contributed by atoms with Crippen LogP contribution < -0.4 is 0 Å². The van der Waals surface area contributed by atoms with Gasteiger partial charge in [-0.1, -0.05) is 42.6 Å². The molecule has 0 unspecified atom stereocenters. The zero-order chi connectivity index (χ0) is 19.7. The van der Waals surface area contributed by atoms with Gasteiger partial charge in [-0.15, -0.1) is 5.10 Å². The summed E-state index contributed by atoms with van der Waals surface area (Å²) in [4.78, 5) is 17.4. The molecule has 1 amide bonds. The molecule has 0 N–H and O–H groups in total. The lowest BCUT2D eigenvalue weighted by Gasteiger charge is -2.35. The number of rotatable bonds is 4. The van der Waals surface area contributed by atoms with Crippen LogP contribution in [-0.4, -0.2) is 58.0 Å². The first kappa shape index (κ1) is 19.5.